The zero-order valence-corrected chi connectivity index (χ0v) is 35.9. The number of hydrogen-bond acceptors (Lipinski definition) is 0. The van der Waals surface area contributed by atoms with E-state index in [9.17, 15) is 0 Å². The van der Waals surface area contributed by atoms with Gasteiger partial charge in [0, 0.05) is 0 Å². The first-order valence-corrected chi connectivity index (χ1v) is 23.1. The van der Waals surface area contributed by atoms with Crippen molar-refractivity contribution in [3.63, 3.8) is 0 Å². The standard InChI is InChI=1S/C66H38/c1-3-17-39(18-4-1)42-23-7-11-27-46(42)63-58-37-56-54-35-33-52-50-31-15-21-41-22-16-32-51(60(41)50)53-34-36-55(62(54)61(52)53)57(56)38-59(58)64(47-28-12-8-24-43(47)40-19-5-2-6-20-40)66-49-30-14-10-26-45(49)44-25-9-13-29-48(44)65(63)66/h1-38H. The highest BCUT2D eigenvalue weighted by atomic mass is 14.3. The van der Waals surface area contributed by atoms with E-state index in [0.717, 1.165) is 0 Å². The molecule has 0 atom stereocenters. The first kappa shape index (κ1) is 35.8. The van der Waals surface area contributed by atoms with Gasteiger partial charge in [-0.1, -0.05) is 218 Å². The minimum Gasteiger partial charge on any atom is -0.0622 e. The highest BCUT2D eigenvalue weighted by Crippen LogP contribution is 2.57. The minimum atomic E-state index is 1.21. The Kier molecular flexibility index (Phi) is 7.31. The van der Waals surface area contributed by atoms with Crippen molar-refractivity contribution in [3.8, 4) is 66.8 Å². The first-order chi connectivity index (χ1) is 32.8. The van der Waals surface area contributed by atoms with Crippen LogP contribution in [0.5, 0.6) is 0 Å². The Labute approximate surface area is 381 Å². The second-order valence-electron chi connectivity index (χ2n) is 18.1. The molecule has 0 amide bonds. The monoisotopic (exact) mass is 830 g/mol. The summed E-state index contributed by atoms with van der Waals surface area (Å²) in [6.45, 7) is 0. The number of fused-ring (bicyclic) bond motifs is 12. The predicted octanol–water partition coefficient (Wildman–Crippen LogP) is 18.7. The molecule has 14 aromatic rings. The van der Waals surface area contributed by atoms with Gasteiger partial charge in [0.1, 0.15) is 0 Å². The lowest BCUT2D eigenvalue weighted by Gasteiger charge is -2.24. The second-order valence-corrected chi connectivity index (χ2v) is 18.1. The van der Waals surface area contributed by atoms with Crippen molar-refractivity contribution in [2.45, 2.75) is 0 Å². The molecule has 0 radical (unpaired) electrons. The molecule has 0 spiro atoms. The smallest absolute Gasteiger partial charge is 0.000741 e. The fourth-order valence-corrected chi connectivity index (χ4v) is 12.3. The third-order valence-corrected chi connectivity index (χ3v) is 14.9. The van der Waals surface area contributed by atoms with Crippen LogP contribution < -0.4 is 0 Å². The Bertz CT molecular complexity index is 4090. The summed E-state index contributed by atoms with van der Waals surface area (Å²) in [4.78, 5) is 0. The molecular formula is C66H38. The topological polar surface area (TPSA) is 0 Å². The van der Waals surface area contributed by atoms with Gasteiger partial charge in [-0.15, -0.1) is 0 Å². The van der Waals surface area contributed by atoms with E-state index in [4.69, 9.17) is 0 Å². The van der Waals surface area contributed by atoms with Crippen LogP contribution in [0, 0.1) is 0 Å². The van der Waals surface area contributed by atoms with Gasteiger partial charge in [-0.3, -0.25) is 0 Å². The molecule has 0 bridgehead atoms. The molecule has 15 rings (SSSR count). The van der Waals surface area contributed by atoms with Crippen LogP contribution in [-0.2, 0) is 0 Å². The van der Waals surface area contributed by atoms with Gasteiger partial charge in [0.05, 0.1) is 0 Å². The molecule has 1 aliphatic carbocycles. The fraction of sp³-hybridized carbons (Fsp3) is 0. The number of rotatable bonds is 4. The molecule has 0 aliphatic heterocycles. The van der Waals surface area contributed by atoms with Crippen LogP contribution >= 0.6 is 0 Å². The molecule has 0 fully saturated rings. The summed E-state index contributed by atoms with van der Waals surface area (Å²) in [5.41, 5.74) is 15.1. The van der Waals surface area contributed by atoms with Crippen molar-refractivity contribution in [1.82, 2.24) is 0 Å². The lowest BCUT2D eigenvalue weighted by molar-refractivity contribution is 1.60. The Hall–Kier alpha value is -8.58. The van der Waals surface area contributed by atoms with Gasteiger partial charge >= 0.3 is 0 Å². The highest BCUT2D eigenvalue weighted by Gasteiger charge is 2.30. The van der Waals surface area contributed by atoms with Crippen molar-refractivity contribution in [3.05, 3.63) is 231 Å². The molecule has 0 nitrogen and oxygen atoms in total. The maximum atomic E-state index is 2.58. The van der Waals surface area contributed by atoms with Crippen molar-refractivity contribution in [2.24, 2.45) is 0 Å². The van der Waals surface area contributed by atoms with E-state index >= 15 is 0 Å². The third kappa shape index (κ3) is 4.77. The second kappa shape index (κ2) is 13.5. The van der Waals surface area contributed by atoms with Crippen LogP contribution in [0.4, 0.5) is 0 Å². The van der Waals surface area contributed by atoms with Gasteiger partial charge in [0.25, 0.3) is 0 Å². The lowest BCUT2D eigenvalue weighted by Crippen LogP contribution is -1.97. The summed E-state index contributed by atoms with van der Waals surface area (Å²) in [5.74, 6) is 0. The SMILES string of the molecule is c1ccc(-c2ccccc2-c2c3cc4c(cc3c(-c3ccccc3-c3ccccc3)c3c5ccccc5c5ccccc5c23)-c2ccc3c5cccc6cccc(c7ccc-4c2c73)c65)cc1. The summed E-state index contributed by atoms with van der Waals surface area (Å²) in [6, 6.07) is 86.7. The maximum Gasteiger partial charge on any atom is -0.000741 e. The van der Waals surface area contributed by atoms with E-state index in [2.05, 4.69) is 231 Å². The van der Waals surface area contributed by atoms with Crippen LogP contribution in [0.3, 0.4) is 0 Å². The Morgan fingerprint density at radius 2 is 0.530 bits per heavy atom. The van der Waals surface area contributed by atoms with Crippen LogP contribution in [0.2, 0.25) is 0 Å². The van der Waals surface area contributed by atoms with Gasteiger partial charge in [0.15, 0.2) is 0 Å². The quantitative estimate of drug-likeness (QED) is 0.122. The minimum absolute atomic E-state index is 1.21. The molecule has 1 aliphatic rings. The van der Waals surface area contributed by atoms with Gasteiger partial charge in [-0.2, -0.15) is 0 Å². The predicted molar refractivity (Wildman–Crippen MR) is 284 cm³/mol. The average Bonchev–Trinajstić information content (AvgIpc) is 3.71. The molecule has 0 heterocycles. The molecule has 0 saturated heterocycles. The van der Waals surface area contributed by atoms with E-state index in [1.54, 1.807) is 0 Å². The van der Waals surface area contributed by atoms with Crippen molar-refractivity contribution in [2.75, 3.05) is 0 Å². The van der Waals surface area contributed by atoms with Gasteiger partial charge < -0.3 is 0 Å². The van der Waals surface area contributed by atoms with Gasteiger partial charge in [0.2, 0.25) is 0 Å². The summed E-state index contributed by atoms with van der Waals surface area (Å²) in [7, 11) is 0. The largest absolute Gasteiger partial charge is 0.0622 e. The maximum absolute atomic E-state index is 2.58. The van der Waals surface area contributed by atoms with E-state index in [-0.39, 0.29) is 0 Å². The van der Waals surface area contributed by atoms with E-state index in [1.807, 2.05) is 0 Å². The average molecular weight is 831 g/mol. The van der Waals surface area contributed by atoms with Crippen molar-refractivity contribution < 1.29 is 0 Å². The third-order valence-electron chi connectivity index (χ3n) is 14.9. The van der Waals surface area contributed by atoms with E-state index in [1.165, 1.54) is 153 Å². The number of benzene rings is 14. The van der Waals surface area contributed by atoms with Crippen LogP contribution in [0.15, 0.2) is 231 Å². The zero-order chi connectivity index (χ0) is 43.0. The molecule has 0 heteroatoms. The summed E-state index contributed by atoms with van der Waals surface area (Å²) < 4.78 is 0. The summed E-state index contributed by atoms with van der Waals surface area (Å²) in [5, 5.41) is 20.8. The molecule has 302 valence electrons. The van der Waals surface area contributed by atoms with E-state index in [0.29, 0.717) is 0 Å². The summed E-state index contributed by atoms with van der Waals surface area (Å²) in [6.07, 6.45) is 0. The first-order valence-electron chi connectivity index (χ1n) is 23.1. The summed E-state index contributed by atoms with van der Waals surface area (Å²) >= 11 is 0. The molecule has 66 heavy (non-hydrogen) atoms. The Balaban J connectivity index is 1.19. The van der Waals surface area contributed by atoms with Gasteiger partial charge in [-0.05, 0) is 165 Å². The molecule has 0 saturated carbocycles. The van der Waals surface area contributed by atoms with Gasteiger partial charge in [-0.25, -0.2) is 0 Å². The Morgan fingerprint density at radius 3 is 1.00 bits per heavy atom. The molecule has 0 aromatic heterocycles. The van der Waals surface area contributed by atoms with Crippen LogP contribution in [0.1, 0.15) is 0 Å². The Morgan fingerprint density at radius 1 is 0.167 bits per heavy atom. The lowest BCUT2D eigenvalue weighted by atomic mass is 9.78. The van der Waals surface area contributed by atoms with Crippen LogP contribution in [-0.4, -0.2) is 0 Å². The van der Waals surface area contributed by atoms with Crippen LogP contribution in [0.25, 0.3) is 153 Å². The van der Waals surface area contributed by atoms with Crippen molar-refractivity contribution in [1.29, 1.82) is 0 Å². The zero-order valence-electron chi connectivity index (χ0n) is 35.9. The normalized spacial score (nSPS) is 12.2. The fourth-order valence-electron chi connectivity index (χ4n) is 12.3. The molecular weight excluding hydrogens is 793 g/mol. The van der Waals surface area contributed by atoms with Crippen molar-refractivity contribution >= 4 is 86.2 Å². The molecule has 0 N–H and O–H groups in total. The molecule has 14 aromatic carbocycles. The van der Waals surface area contributed by atoms with E-state index < -0.39 is 0 Å². The number of hydrogen-bond donors (Lipinski definition) is 0. The molecule has 0 unspecified atom stereocenters. The highest BCUT2D eigenvalue weighted by molar-refractivity contribution is 6.40.